The largest absolute Gasteiger partial charge is 0.548 e. The fraction of sp³-hybridized carbons (Fsp3) is 0.667. The number of carboxylic acids is 3. The molecule has 0 aromatic carbocycles. The molecule has 0 unspecified atom stereocenters. The van der Waals surface area contributed by atoms with Crippen molar-refractivity contribution in [2.75, 3.05) is 0 Å². The van der Waals surface area contributed by atoms with Crippen molar-refractivity contribution >= 4 is 35.6 Å². The van der Waals surface area contributed by atoms with Crippen LogP contribution in [0.1, 0.15) is 46.0 Å². The maximum Gasteiger partial charge on any atom is 0.278 e. The third-order valence-corrected chi connectivity index (χ3v) is 4.45. The number of carbonyl (C=O) groups is 6. The van der Waals surface area contributed by atoms with E-state index in [1.54, 1.807) is 0 Å². The van der Waals surface area contributed by atoms with Gasteiger partial charge >= 0.3 is 0 Å². The van der Waals surface area contributed by atoms with Crippen LogP contribution in [0.5, 0.6) is 0 Å². The fourth-order valence-electron chi connectivity index (χ4n) is 2.43. The predicted molar refractivity (Wildman–Crippen MR) is 98.6 cm³/mol. The molecule has 0 saturated heterocycles. The highest BCUT2D eigenvalue weighted by Gasteiger charge is 2.24. The highest BCUT2D eigenvalue weighted by atomic mass is 16.4. The Morgan fingerprint density at radius 1 is 0.719 bits per heavy atom. The summed E-state index contributed by atoms with van der Waals surface area (Å²) in [6, 6.07) is -5.82. The van der Waals surface area contributed by atoms with E-state index in [1.807, 2.05) is 0 Å². The first-order chi connectivity index (χ1) is 14.8. The number of nitrogens with one attached hydrogen (secondary N) is 3. The monoisotopic (exact) mass is 460 g/mol. The van der Waals surface area contributed by atoms with Crippen LogP contribution >= 0.6 is 0 Å². The Bertz CT molecular complexity index is 713. The minimum atomic E-state index is -1.60. The highest BCUT2D eigenvalue weighted by Crippen LogP contribution is 2.06. The molecule has 32 heavy (non-hydrogen) atoms. The van der Waals surface area contributed by atoms with Crippen LogP contribution in [-0.4, -0.2) is 65.8 Å². The van der Waals surface area contributed by atoms with Gasteiger partial charge in [-0.25, -0.2) is 0 Å². The molecular weight excluding hydrogens is 430 g/mol. The normalized spacial score (nSPS) is 15.4. The SMILES string of the molecule is C[C@H]([NH3+])C(=O)N[C@H](CCC(=O)N[C@@H](CCC[C@@H]([NH3+])C(=O)[O-])C(=O)N[C@H](C)C(=O)[O-])C(=O)[O-]. The molecule has 0 rings (SSSR count). The number of quaternary nitrogens is 2. The van der Waals surface area contributed by atoms with Gasteiger partial charge in [-0.2, -0.15) is 0 Å². The van der Waals surface area contributed by atoms with E-state index in [9.17, 15) is 44.1 Å². The molecule has 0 fully saturated rings. The summed E-state index contributed by atoms with van der Waals surface area (Å²) in [6.07, 6.45) is -0.598. The Hall–Kier alpha value is -3.26. The lowest BCUT2D eigenvalue weighted by Gasteiger charge is -2.23. The lowest BCUT2D eigenvalue weighted by atomic mass is 10.0. The number of hydrogen-bond acceptors (Lipinski definition) is 9. The Morgan fingerprint density at radius 3 is 1.78 bits per heavy atom. The van der Waals surface area contributed by atoms with Crippen molar-refractivity contribution in [2.45, 2.75) is 76.2 Å². The zero-order valence-electron chi connectivity index (χ0n) is 18.0. The van der Waals surface area contributed by atoms with Gasteiger partial charge in [0, 0.05) is 12.8 Å². The van der Waals surface area contributed by atoms with Crippen molar-refractivity contribution in [3.8, 4) is 0 Å². The summed E-state index contributed by atoms with van der Waals surface area (Å²) in [7, 11) is 0. The summed E-state index contributed by atoms with van der Waals surface area (Å²) in [6.45, 7) is 2.60. The first-order valence-corrected chi connectivity index (χ1v) is 9.95. The van der Waals surface area contributed by atoms with E-state index in [1.165, 1.54) is 6.92 Å². The molecule has 0 radical (unpaired) electrons. The van der Waals surface area contributed by atoms with E-state index in [0.717, 1.165) is 6.92 Å². The van der Waals surface area contributed by atoms with Gasteiger partial charge in [-0.1, -0.05) is 0 Å². The molecule has 14 heteroatoms. The molecule has 182 valence electrons. The quantitative estimate of drug-likeness (QED) is 0.155. The molecule has 5 atom stereocenters. The van der Waals surface area contributed by atoms with E-state index in [4.69, 9.17) is 0 Å². The van der Waals surface area contributed by atoms with Crippen LogP contribution in [0.2, 0.25) is 0 Å². The van der Waals surface area contributed by atoms with Crippen LogP contribution < -0.4 is 42.7 Å². The zero-order chi connectivity index (χ0) is 25.0. The summed E-state index contributed by atoms with van der Waals surface area (Å²) in [5.74, 6) is -6.78. The fourth-order valence-corrected chi connectivity index (χ4v) is 2.43. The van der Waals surface area contributed by atoms with Crippen molar-refractivity contribution in [1.82, 2.24) is 16.0 Å². The number of carbonyl (C=O) groups excluding carboxylic acids is 6. The molecule has 0 aromatic rings. The lowest BCUT2D eigenvalue weighted by Crippen LogP contribution is -2.68. The Kier molecular flexibility index (Phi) is 12.5. The molecule has 3 amide bonds. The topological polar surface area (TPSA) is 263 Å². The van der Waals surface area contributed by atoms with Crippen molar-refractivity contribution in [3.63, 3.8) is 0 Å². The van der Waals surface area contributed by atoms with Crippen molar-refractivity contribution in [2.24, 2.45) is 0 Å². The number of rotatable bonds is 15. The second kappa shape index (κ2) is 13.9. The number of amides is 3. The Labute approximate surface area is 184 Å². The Balaban J connectivity index is 5.05. The highest BCUT2D eigenvalue weighted by molar-refractivity contribution is 5.90. The summed E-state index contributed by atoms with van der Waals surface area (Å²) < 4.78 is 0. The number of aliphatic carboxylic acids is 3. The Morgan fingerprint density at radius 2 is 1.31 bits per heavy atom. The minimum Gasteiger partial charge on any atom is -0.548 e. The summed E-state index contributed by atoms with van der Waals surface area (Å²) >= 11 is 0. The maximum absolute atomic E-state index is 12.3. The van der Waals surface area contributed by atoms with Gasteiger partial charge in [-0.15, -0.1) is 0 Å². The van der Waals surface area contributed by atoms with E-state index in [2.05, 4.69) is 27.4 Å². The van der Waals surface area contributed by atoms with Crippen LogP contribution in [0.3, 0.4) is 0 Å². The first kappa shape index (κ1) is 28.7. The first-order valence-electron chi connectivity index (χ1n) is 9.95. The van der Waals surface area contributed by atoms with Gasteiger partial charge in [0.1, 0.15) is 12.1 Å². The molecule has 0 aliphatic heterocycles. The standard InChI is InChI=1S/C18H31N5O9/c1-8(19)14(25)23-12(18(31)32)6-7-13(24)22-11(5-3-4-10(20)17(29)30)15(26)21-9(2)16(27)28/h8-12H,3-7,19-20H2,1-2H3,(H,21,26)(H,22,24)(H,23,25)(H,27,28)(H,29,30)(H,31,32)/p-1/t8-,9+,10+,11-,12+/m0/s1. The van der Waals surface area contributed by atoms with Crippen molar-refractivity contribution in [3.05, 3.63) is 0 Å². The molecule has 0 saturated carbocycles. The lowest BCUT2D eigenvalue weighted by molar-refractivity contribution is -0.438. The van der Waals surface area contributed by atoms with Crippen LogP contribution in [-0.2, 0) is 28.8 Å². The molecule has 14 nitrogen and oxygen atoms in total. The van der Waals surface area contributed by atoms with Crippen LogP contribution in [0.25, 0.3) is 0 Å². The second-order valence-electron chi connectivity index (χ2n) is 7.44. The zero-order valence-corrected chi connectivity index (χ0v) is 18.0. The van der Waals surface area contributed by atoms with Gasteiger partial charge in [0.2, 0.25) is 11.8 Å². The van der Waals surface area contributed by atoms with Crippen molar-refractivity contribution in [1.29, 1.82) is 0 Å². The van der Waals surface area contributed by atoms with Gasteiger partial charge in [-0.05, 0) is 33.1 Å². The van der Waals surface area contributed by atoms with Gasteiger partial charge in [0.05, 0.1) is 30.0 Å². The molecular formula is C18H30N5O9-. The van der Waals surface area contributed by atoms with E-state index in [0.29, 0.717) is 0 Å². The molecule has 0 bridgehead atoms. The van der Waals surface area contributed by atoms with Crippen LogP contribution in [0.15, 0.2) is 0 Å². The van der Waals surface area contributed by atoms with Crippen LogP contribution in [0, 0.1) is 0 Å². The molecule has 0 aliphatic rings. The molecule has 0 aliphatic carbocycles. The van der Waals surface area contributed by atoms with E-state index >= 15 is 0 Å². The van der Waals surface area contributed by atoms with Gasteiger partial charge in [0.15, 0.2) is 6.04 Å². The second-order valence-corrected chi connectivity index (χ2v) is 7.44. The summed E-state index contributed by atoms with van der Waals surface area (Å²) in [5.41, 5.74) is 6.83. The summed E-state index contributed by atoms with van der Waals surface area (Å²) in [4.78, 5) is 69.0. The minimum absolute atomic E-state index is 0.0417. The average molecular weight is 460 g/mol. The predicted octanol–water partition coefficient (Wildman–Crippen LogP) is -8.10. The number of carboxylic acid groups (broad SMARTS) is 3. The van der Waals surface area contributed by atoms with Crippen LogP contribution in [0.4, 0.5) is 0 Å². The van der Waals surface area contributed by atoms with Gasteiger partial charge in [0.25, 0.3) is 5.91 Å². The molecule has 0 spiro atoms. The van der Waals surface area contributed by atoms with Crippen molar-refractivity contribution < 1.29 is 55.6 Å². The maximum atomic E-state index is 12.3. The molecule has 9 N–H and O–H groups in total. The smallest absolute Gasteiger partial charge is 0.278 e. The van der Waals surface area contributed by atoms with E-state index < -0.39 is 72.3 Å². The van der Waals surface area contributed by atoms with E-state index in [-0.39, 0.29) is 25.7 Å². The van der Waals surface area contributed by atoms with Gasteiger partial charge < -0.3 is 57.1 Å². The molecule has 0 heterocycles. The summed E-state index contributed by atoms with van der Waals surface area (Å²) in [5, 5.41) is 39.4. The third kappa shape index (κ3) is 11.2. The number of hydrogen-bond donors (Lipinski definition) is 5. The average Bonchev–Trinajstić information content (AvgIpc) is 2.69. The third-order valence-electron chi connectivity index (χ3n) is 4.45. The molecule has 0 aromatic heterocycles. The van der Waals surface area contributed by atoms with Gasteiger partial charge in [-0.3, -0.25) is 14.4 Å².